The predicted molar refractivity (Wildman–Crippen MR) is 158 cm³/mol. The van der Waals surface area contributed by atoms with Gasteiger partial charge in [0.1, 0.15) is 11.8 Å². The number of hydrogen-bond donors (Lipinski definition) is 4. The number of carbonyl (C=O) groups excluding carboxylic acids is 2. The molecule has 2 aromatic carbocycles. The van der Waals surface area contributed by atoms with Gasteiger partial charge in [-0.1, -0.05) is 32.1 Å². The Kier molecular flexibility index (Phi) is 10.8. The van der Waals surface area contributed by atoms with Crippen LogP contribution in [0.2, 0.25) is 0 Å². The second-order valence-electron chi connectivity index (χ2n) is 10.7. The molecule has 1 aromatic heterocycles. The molecule has 12 heteroatoms. The number of aryl methyl sites for hydroxylation is 2. The Morgan fingerprint density at radius 2 is 1.53 bits per heavy atom. The molecule has 4 N–H and O–H groups in total. The van der Waals surface area contributed by atoms with Gasteiger partial charge in [-0.25, -0.2) is 9.97 Å². The van der Waals surface area contributed by atoms with E-state index in [0.717, 1.165) is 42.8 Å². The van der Waals surface area contributed by atoms with Gasteiger partial charge in [-0.3, -0.25) is 9.59 Å². The van der Waals surface area contributed by atoms with E-state index in [4.69, 9.17) is 0 Å². The Labute approximate surface area is 249 Å². The number of nitrogens with zero attached hydrogens (tertiary/aromatic N) is 2. The molecule has 0 radical (unpaired) electrons. The molecule has 1 heterocycles. The van der Waals surface area contributed by atoms with E-state index in [1.807, 2.05) is 19.9 Å². The van der Waals surface area contributed by atoms with Crippen LogP contribution in [0.5, 0.6) is 5.75 Å². The summed E-state index contributed by atoms with van der Waals surface area (Å²) < 4.78 is 40.9. The number of rotatable bonds is 12. The minimum Gasteiger partial charge on any atom is -0.406 e. The smallest absolute Gasteiger partial charge is 0.406 e. The highest BCUT2D eigenvalue weighted by molar-refractivity contribution is 5.97. The van der Waals surface area contributed by atoms with E-state index < -0.39 is 12.4 Å². The number of carbonyl (C=O) groups is 2. The maximum Gasteiger partial charge on any atom is 0.573 e. The Morgan fingerprint density at radius 3 is 2.16 bits per heavy atom. The Bertz CT molecular complexity index is 1340. The lowest BCUT2D eigenvalue weighted by atomic mass is 9.84. The van der Waals surface area contributed by atoms with Crippen LogP contribution in [-0.2, 0) is 4.79 Å². The molecule has 43 heavy (non-hydrogen) atoms. The molecule has 1 saturated carbocycles. The largest absolute Gasteiger partial charge is 0.573 e. The summed E-state index contributed by atoms with van der Waals surface area (Å²) in [6.07, 6.45) is 1.26. The summed E-state index contributed by atoms with van der Waals surface area (Å²) >= 11 is 0. The van der Waals surface area contributed by atoms with Crippen LogP contribution in [-0.4, -0.2) is 47.3 Å². The van der Waals surface area contributed by atoms with Crippen LogP contribution < -0.4 is 26.0 Å². The van der Waals surface area contributed by atoms with Gasteiger partial charge in [0.2, 0.25) is 11.9 Å². The van der Waals surface area contributed by atoms with Crippen molar-refractivity contribution in [1.29, 1.82) is 0 Å². The fourth-order valence-electron chi connectivity index (χ4n) is 5.14. The molecule has 0 saturated heterocycles. The zero-order valence-corrected chi connectivity index (χ0v) is 24.3. The number of benzene rings is 2. The number of ether oxygens (including phenoxy) is 1. The van der Waals surface area contributed by atoms with Crippen LogP contribution >= 0.6 is 0 Å². The summed E-state index contributed by atoms with van der Waals surface area (Å²) in [5.74, 6) is -0.108. The predicted octanol–water partition coefficient (Wildman–Crippen LogP) is 6.03. The molecule has 230 valence electrons. The average molecular weight is 599 g/mol. The van der Waals surface area contributed by atoms with E-state index in [2.05, 4.69) is 36.0 Å². The third-order valence-corrected chi connectivity index (χ3v) is 7.14. The highest BCUT2D eigenvalue weighted by Gasteiger charge is 2.31. The van der Waals surface area contributed by atoms with Crippen molar-refractivity contribution >= 4 is 29.1 Å². The van der Waals surface area contributed by atoms with Crippen LogP contribution in [0.25, 0.3) is 0 Å². The fraction of sp³-hybridized carbons (Fsp3) is 0.419. The van der Waals surface area contributed by atoms with Crippen molar-refractivity contribution < 1.29 is 27.5 Å². The lowest BCUT2D eigenvalue weighted by Crippen LogP contribution is -2.48. The third-order valence-electron chi connectivity index (χ3n) is 7.14. The summed E-state index contributed by atoms with van der Waals surface area (Å²) in [6, 6.07) is 13.4. The molecule has 0 unspecified atom stereocenters. The zero-order valence-electron chi connectivity index (χ0n) is 24.3. The number of hydrogen-bond acceptors (Lipinski definition) is 7. The summed E-state index contributed by atoms with van der Waals surface area (Å²) in [5.41, 5.74) is 3.43. The first-order valence-corrected chi connectivity index (χ1v) is 14.4. The molecule has 0 bridgehead atoms. The molecule has 1 atom stereocenters. The van der Waals surface area contributed by atoms with E-state index in [1.165, 1.54) is 30.7 Å². The van der Waals surface area contributed by atoms with Crippen LogP contribution in [0.15, 0.2) is 54.6 Å². The van der Waals surface area contributed by atoms with Crippen LogP contribution in [0.1, 0.15) is 60.3 Å². The topological polar surface area (TPSA) is 117 Å². The molecule has 2 amide bonds. The number of amides is 2. The highest BCUT2D eigenvalue weighted by atomic mass is 19.4. The molecule has 1 aliphatic rings. The quantitative estimate of drug-likeness (QED) is 0.188. The molecule has 3 aromatic rings. The summed E-state index contributed by atoms with van der Waals surface area (Å²) in [5, 5.41) is 12.0. The van der Waals surface area contributed by atoms with E-state index >= 15 is 0 Å². The van der Waals surface area contributed by atoms with Crippen molar-refractivity contribution in [2.75, 3.05) is 23.7 Å². The van der Waals surface area contributed by atoms with Crippen molar-refractivity contribution in [3.63, 3.8) is 0 Å². The first kappa shape index (κ1) is 31.6. The second kappa shape index (κ2) is 14.7. The van der Waals surface area contributed by atoms with Gasteiger partial charge in [0, 0.05) is 41.4 Å². The SMILES string of the molecule is Cc1cc(C)nc(Nc2ccc(C(=O)N[C@@H](CC3CCCCC3)C(=O)NCCNc3ccc(OC(F)(F)F)cc3)cc2)n1. The number of alkyl halides is 3. The minimum atomic E-state index is -4.75. The maximum absolute atomic E-state index is 13.2. The standard InChI is InChI=1S/C31H37F3N6O3/c1-20-18-21(2)38-30(37-20)39-25-10-8-23(9-11-25)28(41)40-27(19-22-6-4-3-5-7-22)29(42)36-17-16-35-24-12-14-26(15-13-24)43-31(32,33)34/h8-15,18,22,27,35H,3-7,16-17,19H2,1-2H3,(H,36,42)(H,40,41)(H,37,38,39)/t27-/m0/s1. The monoisotopic (exact) mass is 598 g/mol. The third kappa shape index (κ3) is 10.5. The molecule has 9 nitrogen and oxygen atoms in total. The normalized spacial score (nSPS) is 14.4. The number of nitrogens with one attached hydrogen (secondary N) is 4. The van der Waals surface area contributed by atoms with Gasteiger partial charge in [0.25, 0.3) is 5.91 Å². The van der Waals surface area contributed by atoms with E-state index in [9.17, 15) is 22.8 Å². The molecular weight excluding hydrogens is 561 g/mol. The van der Waals surface area contributed by atoms with Crippen molar-refractivity contribution in [3.8, 4) is 5.75 Å². The second-order valence-corrected chi connectivity index (χ2v) is 10.7. The Balaban J connectivity index is 1.31. The number of aromatic nitrogens is 2. The van der Waals surface area contributed by atoms with Gasteiger partial charge in [0.15, 0.2) is 0 Å². The molecule has 0 aliphatic heterocycles. The minimum absolute atomic E-state index is 0.261. The molecule has 0 spiro atoms. The first-order valence-electron chi connectivity index (χ1n) is 14.4. The van der Waals surface area contributed by atoms with E-state index in [1.54, 1.807) is 24.3 Å². The lowest BCUT2D eigenvalue weighted by Gasteiger charge is -2.26. The summed E-state index contributed by atoms with van der Waals surface area (Å²) in [4.78, 5) is 35.1. The Hall–Kier alpha value is -4.35. The molecule has 1 aliphatic carbocycles. The average Bonchev–Trinajstić information content (AvgIpc) is 2.95. The van der Waals surface area contributed by atoms with Gasteiger partial charge >= 0.3 is 6.36 Å². The van der Waals surface area contributed by atoms with Crippen molar-refractivity contribution in [2.24, 2.45) is 5.92 Å². The van der Waals surface area contributed by atoms with Crippen molar-refractivity contribution in [2.45, 2.75) is 64.8 Å². The first-order chi connectivity index (χ1) is 20.5. The summed E-state index contributed by atoms with van der Waals surface area (Å²) in [6.45, 7) is 4.39. The molecule has 4 rings (SSSR count). The van der Waals surface area contributed by atoms with Crippen molar-refractivity contribution in [3.05, 3.63) is 71.5 Å². The number of anilines is 3. The van der Waals surface area contributed by atoms with Gasteiger partial charge in [-0.05, 0) is 80.8 Å². The number of halogens is 3. The molecule has 1 fully saturated rings. The van der Waals surface area contributed by atoms with Gasteiger partial charge in [0.05, 0.1) is 0 Å². The zero-order chi connectivity index (χ0) is 30.8. The summed E-state index contributed by atoms with van der Waals surface area (Å²) in [7, 11) is 0. The Morgan fingerprint density at radius 1 is 0.907 bits per heavy atom. The van der Waals surface area contributed by atoms with Crippen molar-refractivity contribution in [1.82, 2.24) is 20.6 Å². The van der Waals surface area contributed by atoms with Crippen LogP contribution in [0.3, 0.4) is 0 Å². The van der Waals surface area contributed by atoms with E-state index in [0.29, 0.717) is 36.1 Å². The fourth-order valence-corrected chi connectivity index (χ4v) is 5.14. The highest BCUT2D eigenvalue weighted by Crippen LogP contribution is 2.28. The van der Waals surface area contributed by atoms with Gasteiger partial charge < -0.3 is 26.0 Å². The van der Waals surface area contributed by atoms with E-state index in [-0.39, 0.29) is 24.1 Å². The van der Waals surface area contributed by atoms with Crippen LogP contribution in [0, 0.1) is 19.8 Å². The van der Waals surface area contributed by atoms with Gasteiger partial charge in [-0.15, -0.1) is 13.2 Å². The molecular formula is C31H37F3N6O3. The lowest BCUT2D eigenvalue weighted by molar-refractivity contribution is -0.274. The van der Waals surface area contributed by atoms with Crippen LogP contribution in [0.4, 0.5) is 30.5 Å². The van der Waals surface area contributed by atoms with Gasteiger partial charge in [-0.2, -0.15) is 0 Å². The maximum atomic E-state index is 13.2.